The van der Waals surface area contributed by atoms with Crippen molar-refractivity contribution in [2.75, 3.05) is 13.2 Å². The van der Waals surface area contributed by atoms with E-state index in [0.29, 0.717) is 13.2 Å². The summed E-state index contributed by atoms with van der Waals surface area (Å²) in [5.74, 6) is 2.46. The van der Waals surface area contributed by atoms with Crippen LogP contribution in [-0.2, 0) is 6.42 Å². The van der Waals surface area contributed by atoms with Crippen molar-refractivity contribution in [1.82, 2.24) is 9.97 Å². The highest BCUT2D eigenvalue weighted by Gasteiger charge is 2.12. The van der Waals surface area contributed by atoms with Gasteiger partial charge in [0.15, 0.2) is 11.5 Å². The van der Waals surface area contributed by atoms with Crippen LogP contribution in [0.1, 0.15) is 19.2 Å². The number of aromatic nitrogens is 2. The molecule has 0 aliphatic carbocycles. The smallest absolute Gasteiger partial charge is 0.162 e. The molecule has 0 fully saturated rings. The molecule has 2 heterocycles. The normalized spacial score (nSPS) is 13.8. The third kappa shape index (κ3) is 3.68. The number of nitrogens with zero attached hydrogens (tertiary/aromatic N) is 2. The van der Waals surface area contributed by atoms with E-state index >= 15 is 0 Å². The molecule has 1 aromatic heterocycles. The van der Waals surface area contributed by atoms with E-state index in [9.17, 15) is 0 Å². The lowest BCUT2D eigenvalue weighted by atomic mass is 10.3. The van der Waals surface area contributed by atoms with Gasteiger partial charge >= 0.3 is 0 Å². The fourth-order valence-electron chi connectivity index (χ4n) is 1.98. The van der Waals surface area contributed by atoms with Crippen molar-refractivity contribution in [2.45, 2.75) is 29.7 Å². The third-order valence-corrected chi connectivity index (χ3v) is 4.29. The molecule has 1 aliphatic rings. The highest BCUT2D eigenvalue weighted by atomic mass is 79.9. The molecule has 2 aromatic rings. The summed E-state index contributed by atoms with van der Waals surface area (Å²) in [7, 11) is 0. The number of rotatable bonds is 3. The maximum atomic E-state index is 5.72. The average Bonchev–Trinajstić information content (AvgIpc) is 2.71. The van der Waals surface area contributed by atoms with Gasteiger partial charge in [0.25, 0.3) is 0 Å². The monoisotopic (exact) mass is 366 g/mol. The summed E-state index contributed by atoms with van der Waals surface area (Å²) in [6.07, 6.45) is 1.73. The number of halogens is 1. The minimum absolute atomic E-state index is 0.695. The molecule has 0 atom stereocenters. The highest BCUT2D eigenvalue weighted by Crippen LogP contribution is 2.36. The van der Waals surface area contributed by atoms with Crippen LogP contribution in [0.2, 0.25) is 0 Å². The molecule has 0 unspecified atom stereocenters. The molecule has 0 bridgehead atoms. The predicted molar refractivity (Wildman–Crippen MR) is 85.3 cm³/mol. The van der Waals surface area contributed by atoms with Crippen LogP contribution in [0, 0.1) is 0 Å². The van der Waals surface area contributed by atoms with E-state index in [-0.39, 0.29) is 0 Å². The molecule has 0 radical (unpaired) electrons. The fourth-order valence-corrected chi connectivity index (χ4v) is 3.42. The van der Waals surface area contributed by atoms with E-state index in [2.05, 4.69) is 25.9 Å². The first-order valence-electron chi connectivity index (χ1n) is 6.85. The van der Waals surface area contributed by atoms with Gasteiger partial charge in [0.2, 0.25) is 0 Å². The van der Waals surface area contributed by atoms with Gasteiger partial charge in [-0.2, -0.15) is 0 Å². The van der Waals surface area contributed by atoms with E-state index in [1.165, 1.54) is 0 Å². The van der Waals surface area contributed by atoms with Crippen molar-refractivity contribution in [2.24, 2.45) is 0 Å². The van der Waals surface area contributed by atoms with Crippen molar-refractivity contribution in [3.63, 3.8) is 0 Å². The number of fused-ring (bicyclic) bond motifs is 1. The summed E-state index contributed by atoms with van der Waals surface area (Å²) >= 11 is 5.02. The van der Waals surface area contributed by atoms with Crippen molar-refractivity contribution in [1.29, 1.82) is 0 Å². The Labute approximate surface area is 136 Å². The van der Waals surface area contributed by atoms with Crippen LogP contribution >= 0.6 is 27.7 Å². The summed E-state index contributed by atoms with van der Waals surface area (Å²) in [5, 5.41) is 0.920. The summed E-state index contributed by atoms with van der Waals surface area (Å²) in [5.41, 5.74) is 0. The van der Waals surface area contributed by atoms with Crippen molar-refractivity contribution >= 4 is 27.7 Å². The van der Waals surface area contributed by atoms with E-state index < -0.39 is 0 Å². The van der Waals surface area contributed by atoms with E-state index in [4.69, 9.17) is 9.47 Å². The lowest BCUT2D eigenvalue weighted by molar-refractivity contribution is 0.297. The van der Waals surface area contributed by atoms with E-state index in [1.807, 2.05) is 31.2 Å². The maximum Gasteiger partial charge on any atom is 0.162 e. The molecule has 0 saturated heterocycles. The van der Waals surface area contributed by atoms with Gasteiger partial charge in [-0.15, -0.1) is 0 Å². The Morgan fingerprint density at radius 1 is 1.14 bits per heavy atom. The summed E-state index contributed by atoms with van der Waals surface area (Å²) in [6.45, 7) is 3.45. The molecule has 21 heavy (non-hydrogen) atoms. The number of benzene rings is 1. The highest BCUT2D eigenvalue weighted by molar-refractivity contribution is 9.10. The Kier molecular flexibility index (Phi) is 4.65. The van der Waals surface area contributed by atoms with Crippen molar-refractivity contribution in [3.8, 4) is 11.5 Å². The first kappa shape index (κ1) is 14.7. The Morgan fingerprint density at radius 2 is 1.95 bits per heavy atom. The molecule has 1 aliphatic heterocycles. The quantitative estimate of drug-likeness (QED) is 0.764. The topological polar surface area (TPSA) is 44.2 Å². The van der Waals surface area contributed by atoms with E-state index in [0.717, 1.165) is 44.7 Å². The van der Waals surface area contributed by atoms with Crippen LogP contribution in [0.5, 0.6) is 11.5 Å². The second-order valence-corrected chi connectivity index (χ2v) is 6.47. The molecule has 3 rings (SSSR count). The van der Waals surface area contributed by atoms with Crippen LogP contribution in [0.15, 0.2) is 38.8 Å². The third-order valence-electron chi connectivity index (χ3n) is 2.98. The van der Waals surface area contributed by atoms with Crippen molar-refractivity contribution in [3.05, 3.63) is 34.7 Å². The maximum absolute atomic E-state index is 5.72. The molecule has 0 amide bonds. The summed E-state index contributed by atoms with van der Waals surface area (Å²) < 4.78 is 12.2. The second-order valence-electron chi connectivity index (χ2n) is 4.56. The lowest BCUT2D eigenvalue weighted by Gasteiger charge is -2.09. The molecule has 4 nitrogen and oxygen atoms in total. The standard InChI is InChI=1S/C15H15BrN2O2S/c1-2-14-17-13(16)9-15(18-14)21-10-4-5-11-12(8-10)20-7-3-6-19-11/h4-5,8-9H,2-3,6-7H2,1H3. The first-order valence-corrected chi connectivity index (χ1v) is 8.46. The van der Waals surface area contributed by atoms with Crippen LogP contribution in [0.3, 0.4) is 0 Å². The summed E-state index contributed by atoms with van der Waals surface area (Å²) in [6, 6.07) is 7.92. The molecular formula is C15H15BrN2O2S. The zero-order valence-electron chi connectivity index (χ0n) is 11.6. The Bertz CT molecular complexity index is 652. The zero-order chi connectivity index (χ0) is 14.7. The molecule has 6 heteroatoms. The first-order chi connectivity index (χ1) is 10.2. The minimum atomic E-state index is 0.695. The van der Waals surface area contributed by atoms with Gasteiger partial charge in [-0.1, -0.05) is 18.7 Å². The Hall–Kier alpha value is -1.27. The predicted octanol–water partition coefficient (Wildman–Crippen LogP) is 4.11. The van der Waals surface area contributed by atoms with Crippen LogP contribution < -0.4 is 9.47 Å². The minimum Gasteiger partial charge on any atom is -0.490 e. The lowest BCUT2D eigenvalue weighted by Crippen LogP contribution is -1.97. The van der Waals surface area contributed by atoms with Gasteiger partial charge in [0, 0.05) is 23.8 Å². The summed E-state index contributed by atoms with van der Waals surface area (Å²) in [4.78, 5) is 9.93. The number of ether oxygens (including phenoxy) is 2. The average molecular weight is 367 g/mol. The molecule has 110 valence electrons. The number of aryl methyl sites for hydroxylation is 1. The van der Waals surface area contributed by atoms with Crippen LogP contribution in [0.25, 0.3) is 0 Å². The fraction of sp³-hybridized carbons (Fsp3) is 0.333. The molecule has 1 aromatic carbocycles. The van der Waals surface area contributed by atoms with Crippen LogP contribution in [-0.4, -0.2) is 23.2 Å². The van der Waals surface area contributed by atoms with Gasteiger partial charge in [-0.3, -0.25) is 0 Å². The van der Waals surface area contributed by atoms with Gasteiger partial charge in [0.1, 0.15) is 15.5 Å². The van der Waals surface area contributed by atoms with Crippen molar-refractivity contribution < 1.29 is 9.47 Å². The SMILES string of the molecule is CCc1nc(Br)cc(Sc2ccc3c(c2)OCCCO3)n1. The zero-order valence-corrected chi connectivity index (χ0v) is 14.0. The largest absolute Gasteiger partial charge is 0.490 e. The van der Waals surface area contributed by atoms with Gasteiger partial charge < -0.3 is 9.47 Å². The van der Waals surface area contributed by atoms with Gasteiger partial charge in [-0.25, -0.2) is 9.97 Å². The molecule has 0 N–H and O–H groups in total. The van der Waals surface area contributed by atoms with Gasteiger partial charge in [0.05, 0.1) is 13.2 Å². The second kappa shape index (κ2) is 6.66. The molecule has 0 saturated carbocycles. The van der Waals surface area contributed by atoms with Crippen LogP contribution in [0.4, 0.5) is 0 Å². The molecular weight excluding hydrogens is 352 g/mol. The number of hydrogen-bond donors (Lipinski definition) is 0. The molecule has 0 spiro atoms. The Morgan fingerprint density at radius 3 is 2.76 bits per heavy atom. The van der Waals surface area contributed by atoms with Gasteiger partial charge in [-0.05, 0) is 34.1 Å². The number of hydrogen-bond acceptors (Lipinski definition) is 5. The van der Waals surface area contributed by atoms with E-state index in [1.54, 1.807) is 11.8 Å². The Balaban J connectivity index is 1.85.